The summed E-state index contributed by atoms with van der Waals surface area (Å²) in [5.74, 6) is -1.76. The highest BCUT2D eigenvalue weighted by atomic mass is 19.1. The van der Waals surface area contributed by atoms with Crippen LogP contribution >= 0.6 is 0 Å². The summed E-state index contributed by atoms with van der Waals surface area (Å²) in [5.41, 5.74) is 0.0655. The maximum Gasteiger partial charge on any atom is 0.257 e. The van der Waals surface area contributed by atoms with Gasteiger partial charge in [0.2, 0.25) is 0 Å². The third kappa shape index (κ3) is 3.24. The van der Waals surface area contributed by atoms with Gasteiger partial charge >= 0.3 is 0 Å². The van der Waals surface area contributed by atoms with Crippen LogP contribution in [0.5, 0.6) is 0 Å². The summed E-state index contributed by atoms with van der Waals surface area (Å²) in [7, 11) is 0. The van der Waals surface area contributed by atoms with Crippen molar-refractivity contribution in [1.82, 2.24) is 9.80 Å². The molecule has 2 atom stereocenters. The molecule has 1 spiro atoms. The fourth-order valence-electron chi connectivity index (χ4n) is 5.15. The Kier molecular flexibility index (Phi) is 4.94. The molecule has 0 unspecified atom stereocenters. The second-order valence-electron chi connectivity index (χ2n) is 8.52. The van der Waals surface area contributed by atoms with Crippen molar-refractivity contribution in [2.75, 3.05) is 13.1 Å². The third-order valence-corrected chi connectivity index (χ3v) is 6.72. The Balaban J connectivity index is 1.32. The van der Waals surface area contributed by atoms with Crippen LogP contribution in [0, 0.1) is 23.0 Å². The van der Waals surface area contributed by atoms with Crippen molar-refractivity contribution < 1.29 is 23.1 Å². The number of benzene rings is 2. The van der Waals surface area contributed by atoms with Crippen LogP contribution in [-0.2, 0) is 9.53 Å². The fourth-order valence-corrected chi connectivity index (χ4v) is 5.15. The van der Waals surface area contributed by atoms with E-state index in [1.54, 1.807) is 34.1 Å². The second-order valence-corrected chi connectivity index (χ2v) is 8.52. The molecule has 5 rings (SSSR count). The lowest BCUT2D eigenvalue weighted by atomic mass is 9.89. The number of carbonyl (C=O) groups is 2. The number of amides is 2. The summed E-state index contributed by atoms with van der Waals surface area (Å²) in [5, 5.41) is 9.27. The number of nitrogens with zero attached hydrogens (tertiary/aromatic N) is 3. The van der Waals surface area contributed by atoms with E-state index in [4.69, 9.17) is 4.74 Å². The van der Waals surface area contributed by atoms with E-state index in [2.05, 4.69) is 0 Å². The fraction of sp³-hybridized carbons (Fsp3) is 0.375. The molecule has 6 nitrogen and oxygen atoms in total. The van der Waals surface area contributed by atoms with E-state index < -0.39 is 29.5 Å². The minimum absolute atomic E-state index is 0.181. The number of hydrogen-bond donors (Lipinski definition) is 0. The van der Waals surface area contributed by atoms with Gasteiger partial charge in [-0.15, -0.1) is 0 Å². The lowest BCUT2D eigenvalue weighted by Crippen LogP contribution is -2.51. The van der Waals surface area contributed by atoms with E-state index in [0.29, 0.717) is 55.5 Å². The van der Waals surface area contributed by atoms with Crippen molar-refractivity contribution in [1.29, 1.82) is 5.26 Å². The van der Waals surface area contributed by atoms with Gasteiger partial charge in [-0.05, 0) is 42.7 Å². The molecule has 3 aliphatic rings. The molecule has 0 aliphatic carbocycles. The maximum absolute atomic E-state index is 13.8. The molecule has 2 amide bonds. The van der Waals surface area contributed by atoms with Gasteiger partial charge in [0, 0.05) is 32.0 Å². The zero-order chi connectivity index (χ0) is 22.5. The van der Waals surface area contributed by atoms with Crippen LogP contribution in [0.1, 0.15) is 53.2 Å². The number of carbonyl (C=O) groups excluding carboxylic acids is 2. The van der Waals surface area contributed by atoms with E-state index in [0.717, 1.165) is 6.07 Å². The molecule has 0 radical (unpaired) electrons. The number of rotatable bonds is 2. The number of ether oxygens (including phenoxy) is 1. The van der Waals surface area contributed by atoms with Gasteiger partial charge in [-0.25, -0.2) is 8.78 Å². The lowest BCUT2D eigenvalue weighted by molar-refractivity contribution is -0.142. The molecule has 32 heavy (non-hydrogen) atoms. The Morgan fingerprint density at radius 1 is 1.09 bits per heavy atom. The third-order valence-electron chi connectivity index (χ3n) is 6.72. The van der Waals surface area contributed by atoms with Gasteiger partial charge in [-0.3, -0.25) is 9.59 Å². The average molecular weight is 437 g/mol. The number of halogens is 2. The first-order chi connectivity index (χ1) is 15.4. The van der Waals surface area contributed by atoms with Gasteiger partial charge in [0.05, 0.1) is 23.2 Å². The second kappa shape index (κ2) is 7.68. The molecule has 2 aromatic carbocycles. The molecule has 0 N–H and O–H groups in total. The number of fused-ring (bicyclic) bond motifs is 1. The van der Waals surface area contributed by atoms with Crippen LogP contribution in [0.4, 0.5) is 8.78 Å². The van der Waals surface area contributed by atoms with Gasteiger partial charge in [-0.1, -0.05) is 12.1 Å². The van der Waals surface area contributed by atoms with Gasteiger partial charge in [0.25, 0.3) is 11.8 Å². The molecule has 3 saturated heterocycles. The summed E-state index contributed by atoms with van der Waals surface area (Å²) in [6.07, 6.45) is 1.41. The number of nitriles is 1. The molecule has 3 heterocycles. The lowest BCUT2D eigenvalue weighted by Gasteiger charge is -2.37. The zero-order valence-corrected chi connectivity index (χ0v) is 17.3. The molecule has 0 bridgehead atoms. The number of piperidine rings is 1. The van der Waals surface area contributed by atoms with Crippen molar-refractivity contribution in [2.24, 2.45) is 0 Å². The topological polar surface area (TPSA) is 73.6 Å². The van der Waals surface area contributed by atoms with Crippen LogP contribution in [-0.4, -0.2) is 46.5 Å². The first-order valence-electron chi connectivity index (χ1n) is 10.7. The monoisotopic (exact) mass is 437 g/mol. The minimum atomic E-state index is -1.03. The minimum Gasteiger partial charge on any atom is -0.342 e. The quantitative estimate of drug-likeness (QED) is 0.721. The largest absolute Gasteiger partial charge is 0.342 e. The highest BCUT2D eigenvalue weighted by Gasteiger charge is 2.58. The SMILES string of the molecule is N#Cc1ccccc1C(=O)N1CCC2(CC1)O[C@@H]1CC[C@@H](c3cc(F)cc(F)c3)N1C2=O. The molecule has 8 heteroatoms. The zero-order valence-electron chi connectivity index (χ0n) is 17.3. The summed E-state index contributed by atoms with van der Waals surface area (Å²) in [6.45, 7) is 0.647. The summed E-state index contributed by atoms with van der Waals surface area (Å²) >= 11 is 0. The average Bonchev–Trinajstić information content (AvgIpc) is 3.31. The van der Waals surface area contributed by atoms with Crippen molar-refractivity contribution in [3.05, 3.63) is 70.8 Å². The smallest absolute Gasteiger partial charge is 0.257 e. The van der Waals surface area contributed by atoms with Crippen molar-refractivity contribution in [2.45, 2.75) is 43.6 Å². The standard InChI is InChI=1S/C24H21F2N3O3/c25-17-11-16(12-18(26)13-17)20-5-6-21-29(20)23(31)24(32-21)7-9-28(10-8-24)22(30)19-4-2-1-3-15(19)14-27/h1-4,11-13,20-21H,5-10H2/t20-,21+/m0/s1. The van der Waals surface area contributed by atoms with Gasteiger partial charge in [-0.2, -0.15) is 5.26 Å². The Morgan fingerprint density at radius 3 is 2.47 bits per heavy atom. The summed E-state index contributed by atoms with van der Waals surface area (Å²) in [4.78, 5) is 29.6. The predicted molar refractivity (Wildman–Crippen MR) is 109 cm³/mol. The Labute approximate surface area is 184 Å². The van der Waals surface area contributed by atoms with E-state index >= 15 is 0 Å². The normalized spacial score (nSPS) is 24.0. The summed E-state index contributed by atoms with van der Waals surface area (Å²) < 4.78 is 33.7. The number of hydrogen-bond acceptors (Lipinski definition) is 4. The van der Waals surface area contributed by atoms with E-state index in [9.17, 15) is 23.6 Å². The summed E-state index contributed by atoms with van der Waals surface area (Å²) in [6, 6.07) is 11.6. The van der Waals surface area contributed by atoms with Crippen molar-refractivity contribution in [3.63, 3.8) is 0 Å². The first-order valence-corrected chi connectivity index (χ1v) is 10.7. The molecular weight excluding hydrogens is 416 g/mol. The van der Waals surface area contributed by atoms with Crippen LogP contribution in [0.2, 0.25) is 0 Å². The molecule has 3 fully saturated rings. The van der Waals surface area contributed by atoms with Gasteiger partial charge < -0.3 is 14.5 Å². The highest BCUT2D eigenvalue weighted by molar-refractivity contribution is 5.97. The van der Waals surface area contributed by atoms with Crippen molar-refractivity contribution in [3.8, 4) is 6.07 Å². The van der Waals surface area contributed by atoms with E-state index in [-0.39, 0.29) is 11.8 Å². The first kappa shape index (κ1) is 20.6. The van der Waals surface area contributed by atoms with E-state index in [1.807, 2.05) is 6.07 Å². The molecule has 3 aliphatic heterocycles. The molecular formula is C24H21F2N3O3. The Bertz CT molecular complexity index is 1120. The number of likely N-dealkylation sites (tertiary alicyclic amines) is 1. The maximum atomic E-state index is 13.8. The molecule has 0 aromatic heterocycles. The highest BCUT2D eigenvalue weighted by Crippen LogP contribution is 2.47. The van der Waals surface area contributed by atoms with Gasteiger partial charge in [0.1, 0.15) is 17.9 Å². The molecule has 2 aromatic rings. The molecule has 0 saturated carbocycles. The Hall–Kier alpha value is -3.31. The van der Waals surface area contributed by atoms with Crippen LogP contribution in [0.3, 0.4) is 0 Å². The van der Waals surface area contributed by atoms with Crippen LogP contribution in [0.15, 0.2) is 42.5 Å². The van der Waals surface area contributed by atoms with Crippen molar-refractivity contribution >= 4 is 11.8 Å². The van der Waals surface area contributed by atoms with E-state index in [1.165, 1.54) is 12.1 Å². The van der Waals surface area contributed by atoms with Gasteiger partial charge in [0.15, 0.2) is 5.60 Å². The molecule has 164 valence electrons. The Morgan fingerprint density at radius 2 is 1.78 bits per heavy atom. The van der Waals surface area contributed by atoms with Crippen LogP contribution < -0.4 is 0 Å². The predicted octanol–water partition coefficient (Wildman–Crippen LogP) is 3.53. The van der Waals surface area contributed by atoms with Crippen LogP contribution in [0.25, 0.3) is 0 Å².